The summed E-state index contributed by atoms with van der Waals surface area (Å²) < 4.78 is 66.8. The van der Waals surface area contributed by atoms with E-state index in [2.05, 4.69) is 64.9 Å². The normalized spacial score (nSPS) is 21.9. The molecule has 0 saturated carbocycles. The van der Waals surface area contributed by atoms with Gasteiger partial charge >= 0.3 is 0 Å². The van der Waals surface area contributed by atoms with Crippen LogP contribution < -0.4 is 21.9 Å². The maximum absolute atomic E-state index is 14.5. The van der Waals surface area contributed by atoms with Gasteiger partial charge in [-0.05, 0) is 151 Å². The summed E-state index contributed by atoms with van der Waals surface area (Å²) in [6, 6.07) is 23.0. The minimum atomic E-state index is -0.766. The lowest BCUT2D eigenvalue weighted by atomic mass is 9.79. The van der Waals surface area contributed by atoms with Gasteiger partial charge in [0.25, 0.3) is 0 Å². The minimum absolute atomic E-state index is 0. The molecule has 3 saturated heterocycles. The van der Waals surface area contributed by atoms with Crippen LogP contribution in [0.5, 0.6) is 5.75 Å². The van der Waals surface area contributed by atoms with E-state index in [1.807, 2.05) is 50.7 Å². The maximum atomic E-state index is 14.5. The Morgan fingerprint density at radius 3 is 1.67 bits per heavy atom. The third kappa shape index (κ3) is 16.4. The second-order valence-electron chi connectivity index (χ2n) is 19.1. The summed E-state index contributed by atoms with van der Waals surface area (Å²) in [4.78, 5) is 4.59. The van der Waals surface area contributed by atoms with Crippen molar-refractivity contribution in [2.24, 2.45) is 22.2 Å². The molecule has 8 rings (SSSR count). The second kappa shape index (κ2) is 26.1. The summed E-state index contributed by atoms with van der Waals surface area (Å²) in [5.74, 6) is 0.981. The monoisotopic (exact) mass is 1220 g/mol. The molecule has 70 heavy (non-hydrogen) atoms. The highest BCUT2D eigenvalue weighted by Crippen LogP contribution is 2.51. The van der Waals surface area contributed by atoms with Crippen molar-refractivity contribution >= 4 is 89.1 Å². The van der Waals surface area contributed by atoms with Gasteiger partial charge in [0.2, 0.25) is 0 Å². The Bertz CT molecular complexity index is 2350. The molecular weight excluding hydrogens is 1150 g/mol. The number of rotatable bonds is 11. The molecule has 0 aromatic heterocycles. The van der Waals surface area contributed by atoms with Gasteiger partial charge in [-0.25, -0.2) is 13.2 Å². The molecule has 0 aliphatic carbocycles. The van der Waals surface area contributed by atoms with Gasteiger partial charge in [0.05, 0.1) is 12.6 Å². The van der Waals surface area contributed by atoms with E-state index in [0.717, 1.165) is 83.1 Å². The number of ether oxygens (including phenoxy) is 4. The SMILES string of the molecule is C.C.CC(N)(CC1(S)CCOCC1)c1cc(Br)ccc1F.CC1(c2cc(Br)ccc2F)CC2(CCOCC2)SC(N)=N1.COc1ccc(CSC2(CC(C)(N)c3cc(Br)ccc3F)CCOCC2)cc1. The van der Waals surface area contributed by atoms with Gasteiger partial charge in [0.15, 0.2) is 5.17 Å². The van der Waals surface area contributed by atoms with Crippen molar-refractivity contribution in [3.05, 3.63) is 132 Å². The zero-order chi connectivity index (χ0) is 49.4. The number of hydrogen-bond acceptors (Lipinski definition) is 11. The molecule has 17 heteroatoms. The highest BCUT2D eigenvalue weighted by molar-refractivity contribution is 9.11. The number of hydrogen-bond donors (Lipinski definition) is 4. The molecule has 8 nitrogen and oxygen atoms in total. The van der Waals surface area contributed by atoms with E-state index < -0.39 is 16.6 Å². The van der Waals surface area contributed by atoms with E-state index in [0.29, 0.717) is 61.1 Å². The molecular formula is C53H72Br3F3N4O4S3. The number of nitrogens with two attached hydrogens (primary N) is 3. The molecule has 4 aliphatic rings. The lowest BCUT2D eigenvalue weighted by Gasteiger charge is -2.45. The predicted molar refractivity (Wildman–Crippen MR) is 301 cm³/mol. The highest BCUT2D eigenvalue weighted by Gasteiger charge is 2.47. The lowest BCUT2D eigenvalue weighted by Crippen LogP contribution is -2.45. The number of benzene rings is 4. The van der Waals surface area contributed by atoms with Crippen molar-refractivity contribution in [3.63, 3.8) is 0 Å². The first kappa shape index (κ1) is 60.8. The molecule has 4 aromatic carbocycles. The summed E-state index contributed by atoms with van der Waals surface area (Å²) in [6.45, 7) is 10.1. The van der Waals surface area contributed by atoms with Crippen LogP contribution in [-0.2, 0) is 36.6 Å². The third-order valence-corrected chi connectivity index (χ3v) is 18.3. The van der Waals surface area contributed by atoms with E-state index in [9.17, 15) is 13.2 Å². The van der Waals surface area contributed by atoms with Crippen molar-refractivity contribution in [1.29, 1.82) is 0 Å². The van der Waals surface area contributed by atoms with Crippen LogP contribution in [-0.4, -0.2) is 66.2 Å². The first-order valence-corrected chi connectivity index (χ1v) is 27.4. The Labute approximate surface area is 454 Å². The van der Waals surface area contributed by atoms with Gasteiger partial charge in [-0.2, -0.15) is 24.4 Å². The number of thiol groups is 1. The molecule has 4 aliphatic heterocycles. The molecule has 4 aromatic rings. The summed E-state index contributed by atoms with van der Waals surface area (Å²) in [5.41, 5.74) is 19.9. The van der Waals surface area contributed by atoms with Crippen LogP contribution in [0, 0.1) is 17.5 Å². The Hall–Kier alpha value is -1.77. The highest BCUT2D eigenvalue weighted by atomic mass is 79.9. The Balaban J connectivity index is 0.000000230. The van der Waals surface area contributed by atoms with E-state index in [-0.39, 0.29) is 46.5 Å². The Kier molecular flexibility index (Phi) is 22.7. The summed E-state index contributed by atoms with van der Waals surface area (Å²) >= 11 is 18.5. The Morgan fingerprint density at radius 2 is 1.16 bits per heavy atom. The summed E-state index contributed by atoms with van der Waals surface area (Å²) in [5, 5.41) is 0.546. The first-order valence-electron chi connectivity index (χ1n) is 22.8. The van der Waals surface area contributed by atoms with Gasteiger partial charge < -0.3 is 36.1 Å². The van der Waals surface area contributed by atoms with Crippen molar-refractivity contribution in [2.75, 3.05) is 46.8 Å². The van der Waals surface area contributed by atoms with Crippen LogP contribution in [0.3, 0.4) is 0 Å². The molecule has 0 radical (unpaired) electrons. The quantitative estimate of drug-likeness (QED) is 0.109. The fourth-order valence-electron chi connectivity index (χ4n) is 9.69. The number of amidine groups is 1. The van der Waals surface area contributed by atoms with Gasteiger partial charge in [-0.15, -0.1) is 0 Å². The molecule has 3 fully saturated rings. The van der Waals surface area contributed by atoms with Crippen LogP contribution in [0.25, 0.3) is 0 Å². The molecule has 0 amide bonds. The third-order valence-electron chi connectivity index (χ3n) is 13.3. The van der Waals surface area contributed by atoms with Crippen molar-refractivity contribution < 1.29 is 32.1 Å². The van der Waals surface area contributed by atoms with E-state index >= 15 is 0 Å². The summed E-state index contributed by atoms with van der Waals surface area (Å²) in [7, 11) is 1.67. The molecule has 4 heterocycles. The van der Waals surface area contributed by atoms with Gasteiger partial charge in [-0.3, -0.25) is 4.99 Å². The average Bonchev–Trinajstić information content (AvgIpc) is 3.28. The van der Waals surface area contributed by atoms with Crippen molar-refractivity contribution in [2.45, 2.75) is 130 Å². The van der Waals surface area contributed by atoms with Gasteiger partial charge in [-0.1, -0.05) is 86.5 Å². The smallest absolute Gasteiger partial charge is 0.155 e. The number of aliphatic imine (C=N–C) groups is 1. The molecule has 1 spiro atoms. The van der Waals surface area contributed by atoms with E-state index in [1.54, 1.807) is 49.2 Å². The van der Waals surface area contributed by atoms with E-state index in [1.165, 1.54) is 23.8 Å². The van der Waals surface area contributed by atoms with E-state index in [4.69, 9.17) is 48.8 Å². The van der Waals surface area contributed by atoms with Crippen LogP contribution >= 0.6 is 83.9 Å². The fraction of sp³-hybridized carbons (Fsp3) is 0.528. The number of halogens is 6. The largest absolute Gasteiger partial charge is 0.497 e. The van der Waals surface area contributed by atoms with Crippen LogP contribution in [0.4, 0.5) is 13.2 Å². The average molecular weight is 1220 g/mol. The van der Waals surface area contributed by atoms with Crippen molar-refractivity contribution in [1.82, 2.24) is 0 Å². The summed E-state index contributed by atoms with van der Waals surface area (Å²) in [6.07, 6.45) is 7.47. The first-order chi connectivity index (χ1) is 32.1. The van der Waals surface area contributed by atoms with Crippen molar-refractivity contribution in [3.8, 4) is 5.75 Å². The number of methoxy groups -OCH3 is 1. The minimum Gasteiger partial charge on any atom is -0.497 e. The molecule has 3 atom stereocenters. The number of thioether (sulfide) groups is 2. The number of nitrogens with zero attached hydrogens (tertiary/aromatic N) is 1. The van der Waals surface area contributed by atoms with Gasteiger partial charge in [0.1, 0.15) is 23.2 Å². The van der Waals surface area contributed by atoms with Crippen LogP contribution in [0.15, 0.2) is 97.3 Å². The standard InChI is InChI=1S/C22H27BrFNO2S.C15H18BrFN2OS.C14H19BrFNOS.2CH4/c1-21(25,19-13-17(23)5-8-20(19)24)15-22(9-11-27-12-10-22)28-14-16-3-6-18(26-2)7-4-16;1-14(11-8-10(16)2-3-12(11)17)9-15(21-13(18)19-14)4-6-20-7-5-15;1-13(17,9-14(19)4-6-18-7-5-14)11-8-10(15)2-3-12(11)16;;/h3-8,13H,9-12,14-15,25H2,1-2H3;2-3,8H,4-7,9H2,1H3,(H2,18,19);2-3,8,19H,4-7,9,17H2,1H3;2*1H4. The van der Waals surface area contributed by atoms with Gasteiger partial charge in [0, 0.05) is 101 Å². The van der Waals surface area contributed by atoms with Crippen LogP contribution in [0.1, 0.15) is 116 Å². The molecule has 3 unspecified atom stereocenters. The fourth-order valence-corrected chi connectivity index (χ4v) is 14.2. The topological polar surface area (TPSA) is 127 Å². The maximum Gasteiger partial charge on any atom is 0.155 e. The second-order valence-corrected chi connectivity index (χ2v) is 25.8. The zero-order valence-corrected chi connectivity index (χ0v) is 46.4. The zero-order valence-electron chi connectivity index (χ0n) is 39.2. The molecule has 6 N–H and O–H groups in total. The molecule has 0 bridgehead atoms. The molecule has 388 valence electrons. The van der Waals surface area contributed by atoms with Crippen LogP contribution in [0.2, 0.25) is 0 Å². The Morgan fingerprint density at radius 1 is 0.700 bits per heavy atom. The lowest BCUT2D eigenvalue weighted by molar-refractivity contribution is 0.0689. The predicted octanol–water partition coefficient (Wildman–Crippen LogP) is 14.4.